The second-order valence-electron chi connectivity index (χ2n) is 3.86. The van der Waals surface area contributed by atoms with Crippen LogP contribution in [0.2, 0.25) is 0 Å². The van der Waals surface area contributed by atoms with Gasteiger partial charge in [0.05, 0.1) is 0 Å². The van der Waals surface area contributed by atoms with Gasteiger partial charge in [0.1, 0.15) is 11.6 Å². The van der Waals surface area contributed by atoms with Gasteiger partial charge in [-0.3, -0.25) is 4.79 Å². The van der Waals surface area contributed by atoms with Crippen LogP contribution in [0.5, 0.6) is 5.75 Å². The predicted octanol–water partition coefficient (Wildman–Crippen LogP) is 1.32. The summed E-state index contributed by atoms with van der Waals surface area (Å²) in [6.07, 6.45) is -0.645. The molecular weight excluding hydrogens is 235 g/mol. The number of nitrogens with one attached hydrogen (secondary N) is 2. The number of likely N-dealkylation sites (N-methyl/N-ethyl adjacent to an activating group) is 1. The molecule has 0 bridgehead atoms. The molecule has 0 saturated heterocycles. The van der Waals surface area contributed by atoms with E-state index in [4.69, 9.17) is 4.74 Å². The van der Waals surface area contributed by atoms with Crippen LogP contribution in [0.3, 0.4) is 0 Å². The Kier molecular flexibility index (Phi) is 6.14. The second-order valence-corrected chi connectivity index (χ2v) is 3.86. The van der Waals surface area contributed by atoms with Crippen molar-refractivity contribution in [2.45, 2.75) is 20.0 Å². The standard InChI is InChI=1S/C13H19FN2O2/c1-3-15-7-8-16-13(17)10(2)18-12-6-4-5-11(14)9-12/h4-6,9-10,15H,3,7-8H2,1-2H3,(H,16,17). The molecule has 0 spiro atoms. The number of benzene rings is 1. The molecule has 1 rings (SSSR count). The highest BCUT2D eigenvalue weighted by molar-refractivity contribution is 5.80. The van der Waals surface area contributed by atoms with E-state index >= 15 is 0 Å². The first-order valence-corrected chi connectivity index (χ1v) is 6.04. The van der Waals surface area contributed by atoms with Crippen molar-refractivity contribution in [3.8, 4) is 5.75 Å². The Morgan fingerprint density at radius 1 is 1.44 bits per heavy atom. The van der Waals surface area contributed by atoms with Gasteiger partial charge >= 0.3 is 0 Å². The minimum Gasteiger partial charge on any atom is -0.481 e. The minimum absolute atomic E-state index is 0.211. The zero-order chi connectivity index (χ0) is 13.4. The van der Waals surface area contributed by atoms with E-state index in [0.717, 1.165) is 13.1 Å². The fraction of sp³-hybridized carbons (Fsp3) is 0.462. The van der Waals surface area contributed by atoms with E-state index in [2.05, 4.69) is 10.6 Å². The van der Waals surface area contributed by atoms with Crippen molar-refractivity contribution in [1.29, 1.82) is 0 Å². The Labute approximate surface area is 107 Å². The quantitative estimate of drug-likeness (QED) is 0.721. The number of hydrogen-bond acceptors (Lipinski definition) is 3. The molecule has 1 aromatic carbocycles. The average Bonchev–Trinajstić information content (AvgIpc) is 2.34. The van der Waals surface area contributed by atoms with E-state index in [-0.39, 0.29) is 11.7 Å². The summed E-state index contributed by atoms with van der Waals surface area (Å²) >= 11 is 0. The summed E-state index contributed by atoms with van der Waals surface area (Å²) in [5.74, 6) is -0.242. The Bertz CT molecular complexity index is 385. The van der Waals surface area contributed by atoms with Gasteiger partial charge in [-0.15, -0.1) is 0 Å². The molecule has 5 heteroatoms. The smallest absolute Gasteiger partial charge is 0.260 e. The molecule has 0 aromatic heterocycles. The van der Waals surface area contributed by atoms with Crippen LogP contribution in [0.15, 0.2) is 24.3 Å². The first kappa shape index (κ1) is 14.4. The number of ether oxygens (including phenoxy) is 1. The van der Waals surface area contributed by atoms with E-state index < -0.39 is 6.10 Å². The van der Waals surface area contributed by atoms with E-state index in [9.17, 15) is 9.18 Å². The summed E-state index contributed by atoms with van der Waals surface area (Å²) in [5, 5.41) is 5.83. The third-order valence-corrected chi connectivity index (χ3v) is 2.33. The van der Waals surface area contributed by atoms with Crippen LogP contribution in [0.4, 0.5) is 4.39 Å². The maximum atomic E-state index is 12.9. The molecule has 0 fully saturated rings. The molecule has 2 N–H and O–H groups in total. The molecule has 0 aliphatic heterocycles. The average molecular weight is 254 g/mol. The van der Waals surface area contributed by atoms with Crippen molar-refractivity contribution < 1.29 is 13.9 Å². The molecular formula is C13H19FN2O2. The highest BCUT2D eigenvalue weighted by Gasteiger charge is 2.13. The van der Waals surface area contributed by atoms with Crippen molar-refractivity contribution in [2.75, 3.05) is 19.6 Å². The third-order valence-electron chi connectivity index (χ3n) is 2.33. The number of halogens is 1. The highest BCUT2D eigenvalue weighted by Crippen LogP contribution is 2.13. The number of hydrogen-bond donors (Lipinski definition) is 2. The molecule has 1 amide bonds. The molecule has 1 unspecified atom stereocenters. The number of rotatable bonds is 7. The molecule has 18 heavy (non-hydrogen) atoms. The summed E-state index contributed by atoms with van der Waals surface area (Å²) in [7, 11) is 0. The lowest BCUT2D eigenvalue weighted by molar-refractivity contribution is -0.127. The largest absolute Gasteiger partial charge is 0.481 e. The van der Waals surface area contributed by atoms with Crippen LogP contribution < -0.4 is 15.4 Å². The molecule has 0 aliphatic rings. The summed E-state index contributed by atoms with van der Waals surface area (Å²) < 4.78 is 18.3. The van der Waals surface area contributed by atoms with Crippen molar-refractivity contribution in [3.63, 3.8) is 0 Å². The first-order chi connectivity index (χ1) is 8.63. The van der Waals surface area contributed by atoms with Crippen molar-refractivity contribution in [1.82, 2.24) is 10.6 Å². The lowest BCUT2D eigenvalue weighted by Gasteiger charge is -2.14. The first-order valence-electron chi connectivity index (χ1n) is 6.04. The van der Waals surface area contributed by atoms with E-state index in [1.54, 1.807) is 19.1 Å². The fourth-order valence-corrected chi connectivity index (χ4v) is 1.39. The van der Waals surface area contributed by atoms with Gasteiger partial charge in [-0.1, -0.05) is 13.0 Å². The topological polar surface area (TPSA) is 50.4 Å². The number of carbonyl (C=O) groups is 1. The lowest BCUT2D eigenvalue weighted by Crippen LogP contribution is -2.39. The fourth-order valence-electron chi connectivity index (χ4n) is 1.39. The van der Waals surface area contributed by atoms with Gasteiger partial charge in [0.15, 0.2) is 6.10 Å². The van der Waals surface area contributed by atoms with Gasteiger partial charge in [-0.2, -0.15) is 0 Å². The van der Waals surface area contributed by atoms with Crippen LogP contribution >= 0.6 is 0 Å². The van der Waals surface area contributed by atoms with Crippen LogP contribution in [0.1, 0.15) is 13.8 Å². The molecule has 1 aromatic rings. The molecule has 0 heterocycles. The SMILES string of the molecule is CCNCCNC(=O)C(C)Oc1cccc(F)c1. The molecule has 1 atom stereocenters. The Balaban J connectivity index is 2.35. The summed E-state index contributed by atoms with van der Waals surface area (Å²) in [4.78, 5) is 11.6. The Morgan fingerprint density at radius 2 is 2.22 bits per heavy atom. The van der Waals surface area contributed by atoms with Crippen LogP contribution in [0.25, 0.3) is 0 Å². The molecule has 0 aliphatic carbocycles. The van der Waals surface area contributed by atoms with Crippen molar-refractivity contribution >= 4 is 5.91 Å². The van der Waals surface area contributed by atoms with Crippen molar-refractivity contribution in [3.05, 3.63) is 30.1 Å². The Hall–Kier alpha value is -1.62. The lowest BCUT2D eigenvalue weighted by atomic mass is 10.3. The van der Waals surface area contributed by atoms with Crippen LogP contribution in [-0.2, 0) is 4.79 Å². The maximum Gasteiger partial charge on any atom is 0.260 e. The van der Waals surface area contributed by atoms with Gasteiger partial charge in [0, 0.05) is 19.2 Å². The van der Waals surface area contributed by atoms with E-state index in [1.807, 2.05) is 6.92 Å². The van der Waals surface area contributed by atoms with Gasteiger partial charge in [-0.25, -0.2) is 4.39 Å². The zero-order valence-electron chi connectivity index (χ0n) is 10.7. The van der Waals surface area contributed by atoms with Crippen LogP contribution in [-0.4, -0.2) is 31.6 Å². The predicted molar refractivity (Wildman–Crippen MR) is 68.0 cm³/mol. The van der Waals surface area contributed by atoms with Gasteiger partial charge in [-0.05, 0) is 25.6 Å². The third kappa shape index (κ3) is 5.14. The minimum atomic E-state index is -0.645. The second kappa shape index (κ2) is 7.66. The summed E-state index contributed by atoms with van der Waals surface area (Å²) in [5.41, 5.74) is 0. The van der Waals surface area contributed by atoms with E-state index in [0.29, 0.717) is 12.3 Å². The van der Waals surface area contributed by atoms with Gasteiger partial charge < -0.3 is 15.4 Å². The summed E-state index contributed by atoms with van der Waals surface area (Å²) in [6.45, 7) is 5.76. The molecule has 0 saturated carbocycles. The van der Waals surface area contributed by atoms with E-state index in [1.165, 1.54) is 12.1 Å². The molecule has 100 valence electrons. The number of amides is 1. The molecule has 4 nitrogen and oxygen atoms in total. The molecule has 0 radical (unpaired) electrons. The normalized spacial score (nSPS) is 11.9. The van der Waals surface area contributed by atoms with Gasteiger partial charge in [0.2, 0.25) is 0 Å². The van der Waals surface area contributed by atoms with Gasteiger partial charge in [0.25, 0.3) is 5.91 Å². The maximum absolute atomic E-state index is 12.9. The summed E-state index contributed by atoms with van der Waals surface area (Å²) in [6, 6.07) is 5.74. The van der Waals surface area contributed by atoms with Crippen molar-refractivity contribution in [2.24, 2.45) is 0 Å². The monoisotopic (exact) mass is 254 g/mol. The van der Waals surface area contributed by atoms with Crippen LogP contribution in [0, 0.1) is 5.82 Å². The number of carbonyl (C=O) groups excluding carboxylic acids is 1. The zero-order valence-corrected chi connectivity index (χ0v) is 10.7. The highest BCUT2D eigenvalue weighted by atomic mass is 19.1. The Morgan fingerprint density at radius 3 is 2.89 bits per heavy atom.